The molecule has 1 aliphatic heterocycles. The van der Waals surface area contributed by atoms with Gasteiger partial charge in [-0.15, -0.1) is 11.3 Å². The maximum absolute atomic E-state index is 3.68. The molecule has 2 nitrogen and oxygen atoms in total. The third-order valence-electron chi connectivity index (χ3n) is 3.79. The number of nitrogens with zero attached hydrogens (tertiary/aromatic N) is 1. The molecular weight excluding hydrogens is 240 g/mol. The van der Waals surface area contributed by atoms with E-state index in [0.29, 0.717) is 6.04 Å². The number of nitrogens with one attached hydrogen (secondary N) is 1. The van der Waals surface area contributed by atoms with E-state index >= 15 is 0 Å². The molecule has 1 aliphatic rings. The van der Waals surface area contributed by atoms with Gasteiger partial charge in [0.2, 0.25) is 0 Å². The molecule has 1 aromatic heterocycles. The molecule has 1 atom stereocenters. The second kappa shape index (κ2) is 7.27. The van der Waals surface area contributed by atoms with Crippen LogP contribution in [0.15, 0.2) is 11.4 Å². The topological polar surface area (TPSA) is 15.3 Å². The van der Waals surface area contributed by atoms with E-state index in [4.69, 9.17) is 0 Å². The van der Waals surface area contributed by atoms with Crippen molar-refractivity contribution in [3.05, 3.63) is 21.9 Å². The minimum atomic E-state index is 0.697. The van der Waals surface area contributed by atoms with Crippen LogP contribution in [0.2, 0.25) is 0 Å². The zero-order chi connectivity index (χ0) is 12.8. The SMILES string of the molecule is CCCC1CN(Cc2sccc2CC)CCCN1. The van der Waals surface area contributed by atoms with E-state index in [2.05, 4.69) is 35.5 Å². The van der Waals surface area contributed by atoms with E-state index in [1.807, 2.05) is 11.3 Å². The van der Waals surface area contributed by atoms with Crippen LogP contribution in [0.3, 0.4) is 0 Å². The van der Waals surface area contributed by atoms with Gasteiger partial charge in [0.05, 0.1) is 0 Å². The van der Waals surface area contributed by atoms with Gasteiger partial charge < -0.3 is 5.32 Å². The Morgan fingerprint density at radius 2 is 2.33 bits per heavy atom. The van der Waals surface area contributed by atoms with E-state index in [9.17, 15) is 0 Å². The Morgan fingerprint density at radius 1 is 1.44 bits per heavy atom. The van der Waals surface area contributed by atoms with Crippen LogP contribution in [-0.2, 0) is 13.0 Å². The van der Waals surface area contributed by atoms with Gasteiger partial charge in [-0.25, -0.2) is 0 Å². The van der Waals surface area contributed by atoms with Crippen molar-refractivity contribution in [1.29, 1.82) is 0 Å². The largest absolute Gasteiger partial charge is 0.313 e. The predicted molar refractivity (Wildman–Crippen MR) is 80.3 cm³/mol. The predicted octanol–water partition coefficient (Wildman–Crippen LogP) is 3.27. The summed E-state index contributed by atoms with van der Waals surface area (Å²) in [5.41, 5.74) is 1.55. The standard InChI is InChI=1S/C15H26N2S/c1-3-6-14-11-17(9-5-8-16-14)12-15-13(4-2)7-10-18-15/h7,10,14,16H,3-6,8-9,11-12H2,1-2H3. The summed E-state index contributed by atoms with van der Waals surface area (Å²) < 4.78 is 0. The molecule has 1 fully saturated rings. The van der Waals surface area contributed by atoms with Crippen molar-refractivity contribution < 1.29 is 0 Å². The fraction of sp³-hybridized carbons (Fsp3) is 0.733. The lowest BCUT2D eigenvalue weighted by atomic mass is 10.1. The lowest BCUT2D eigenvalue weighted by Crippen LogP contribution is -2.37. The normalized spacial score (nSPS) is 22.0. The van der Waals surface area contributed by atoms with E-state index in [1.54, 1.807) is 10.4 Å². The molecule has 1 N–H and O–H groups in total. The van der Waals surface area contributed by atoms with Crippen LogP contribution >= 0.6 is 11.3 Å². The lowest BCUT2D eigenvalue weighted by molar-refractivity contribution is 0.256. The molecule has 0 amide bonds. The smallest absolute Gasteiger partial charge is 0.0331 e. The summed E-state index contributed by atoms with van der Waals surface area (Å²) in [5.74, 6) is 0. The highest BCUT2D eigenvalue weighted by Crippen LogP contribution is 2.20. The van der Waals surface area contributed by atoms with Crippen LogP contribution in [0.5, 0.6) is 0 Å². The molecule has 0 aromatic carbocycles. The van der Waals surface area contributed by atoms with Gasteiger partial charge in [0.15, 0.2) is 0 Å². The second-order valence-electron chi connectivity index (χ2n) is 5.25. The molecule has 2 rings (SSSR count). The van der Waals surface area contributed by atoms with E-state index in [1.165, 1.54) is 45.3 Å². The molecule has 0 aliphatic carbocycles. The maximum atomic E-state index is 3.68. The van der Waals surface area contributed by atoms with Crippen molar-refractivity contribution in [3.8, 4) is 0 Å². The van der Waals surface area contributed by atoms with Crippen LogP contribution in [0.25, 0.3) is 0 Å². The van der Waals surface area contributed by atoms with Crippen LogP contribution in [0.1, 0.15) is 43.6 Å². The number of aryl methyl sites for hydroxylation is 1. The third-order valence-corrected chi connectivity index (χ3v) is 4.73. The molecule has 1 aromatic rings. The molecule has 0 spiro atoms. The summed E-state index contributed by atoms with van der Waals surface area (Å²) in [6.45, 7) is 9.35. The van der Waals surface area contributed by atoms with Crippen LogP contribution in [-0.4, -0.2) is 30.6 Å². The van der Waals surface area contributed by atoms with Crippen molar-refractivity contribution in [2.75, 3.05) is 19.6 Å². The summed E-state index contributed by atoms with van der Waals surface area (Å²) in [6.07, 6.45) is 5.04. The zero-order valence-corrected chi connectivity index (χ0v) is 12.6. The second-order valence-corrected chi connectivity index (χ2v) is 6.25. The Bertz CT molecular complexity index is 348. The van der Waals surface area contributed by atoms with E-state index in [-0.39, 0.29) is 0 Å². The molecule has 3 heteroatoms. The molecule has 1 unspecified atom stereocenters. The van der Waals surface area contributed by atoms with Gasteiger partial charge >= 0.3 is 0 Å². The summed E-state index contributed by atoms with van der Waals surface area (Å²) in [6, 6.07) is 2.99. The van der Waals surface area contributed by atoms with Crippen LogP contribution in [0.4, 0.5) is 0 Å². The van der Waals surface area contributed by atoms with Gasteiger partial charge in [-0.3, -0.25) is 4.90 Å². The van der Waals surface area contributed by atoms with Gasteiger partial charge in [0.25, 0.3) is 0 Å². The molecule has 2 heterocycles. The highest BCUT2D eigenvalue weighted by molar-refractivity contribution is 7.10. The van der Waals surface area contributed by atoms with Crippen LogP contribution < -0.4 is 5.32 Å². The minimum absolute atomic E-state index is 0.697. The molecule has 102 valence electrons. The Balaban J connectivity index is 1.94. The van der Waals surface area contributed by atoms with Crippen molar-refractivity contribution in [2.24, 2.45) is 0 Å². The summed E-state index contributed by atoms with van der Waals surface area (Å²) >= 11 is 1.93. The Morgan fingerprint density at radius 3 is 3.11 bits per heavy atom. The number of thiophene rings is 1. The Kier molecular flexibility index (Phi) is 5.67. The van der Waals surface area contributed by atoms with Crippen LogP contribution in [0, 0.1) is 0 Å². The average molecular weight is 266 g/mol. The molecule has 18 heavy (non-hydrogen) atoms. The summed E-state index contributed by atoms with van der Waals surface area (Å²) in [4.78, 5) is 4.22. The fourth-order valence-electron chi connectivity index (χ4n) is 2.79. The Hall–Kier alpha value is -0.380. The fourth-order valence-corrected chi connectivity index (χ4v) is 3.80. The quantitative estimate of drug-likeness (QED) is 0.880. The van der Waals surface area contributed by atoms with Crippen molar-refractivity contribution in [3.63, 3.8) is 0 Å². The van der Waals surface area contributed by atoms with E-state index < -0.39 is 0 Å². The molecule has 0 radical (unpaired) electrons. The molecule has 1 saturated heterocycles. The Labute approximate surface area is 115 Å². The molecular formula is C15H26N2S. The average Bonchev–Trinajstić information content (AvgIpc) is 2.69. The van der Waals surface area contributed by atoms with Gasteiger partial charge in [0, 0.05) is 24.0 Å². The molecule has 0 saturated carbocycles. The first-order valence-corrected chi connectivity index (χ1v) is 8.22. The number of rotatable bonds is 5. The summed E-state index contributed by atoms with van der Waals surface area (Å²) in [5, 5.41) is 5.93. The first kappa shape index (κ1) is 14.0. The minimum Gasteiger partial charge on any atom is -0.313 e. The van der Waals surface area contributed by atoms with Crippen molar-refractivity contribution >= 4 is 11.3 Å². The first-order valence-electron chi connectivity index (χ1n) is 7.34. The van der Waals surface area contributed by atoms with Gasteiger partial charge in [0.1, 0.15) is 0 Å². The lowest BCUT2D eigenvalue weighted by Gasteiger charge is -2.24. The third kappa shape index (κ3) is 3.81. The highest BCUT2D eigenvalue weighted by Gasteiger charge is 2.18. The number of hydrogen-bond acceptors (Lipinski definition) is 3. The first-order chi connectivity index (χ1) is 8.83. The molecule has 0 bridgehead atoms. The number of hydrogen-bond donors (Lipinski definition) is 1. The van der Waals surface area contributed by atoms with Crippen molar-refractivity contribution in [1.82, 2.24) is 10.2 Å². The van der Waals surface area contributed by atoms with E-state index in [0.717, 1.165) is 6.54 Å². The highest BCUT2D eigenvalue weighted by atomic mass is 32.1. The maximum Gasteiger partial charge on any atom is 0.0331 e. The summed E-state index contributed by atoms with van der Waals surface area (Å²) in [7, 11) is 0. The van der Waals surface area contributed by atoms with Gasteiger partial charge in [-0.05, 0) is 49.4 Å². The van der Waals surface area contributed by atoms with Crippen molar-refractivity contribution in [2.45, 2.75) is 52.1 Å². The monoisotopic (exact) mass is 266 g/mol. The van der Waals surface area contributed by atoms with Gasteiger partial charge in [-0.1, -0.05) is 20.3 Å². The zero-order valence-electron chi connectivity index (χ0n) is 11.7. The van der Waals surface area contributed by atoms with Gasteiger partial charge in [-0.2, -0.15) is 0 Å².